The van der Waals surface area contributed by atoms with Crippen LogP contribution < -0.4 is 10.6 Å². The molecule has 0 bridgehead atoms. The molecule has 1 aromatic carbocycles. The number of hydrogen-bond acceptors (Lipinski definition) is 6. The number of nitrogens with one attached hydrogen (secondary N) is 2. The topological polar surface area (TPSA) is 84.2 Å². The Hall–Kier alpha value is -2.97. The van der Waals surface area contributed by atoms with Gasteiger partial charge in [0.05, 0.1) is 26.4 Å². The van der Waals surface area contributed by atoms with E-state index in [1.807, 2.05) is 12.1 Å². The number of thiazole rings is 1. The number of carbonyl (C=O) groups excluding carboxylic acids is 2. The summed E-state index contributed by atoms with van der Waals surface area (Å²) in [6.45, 7) is 2.10. The number of aryl methyl sites for hydroxylation is 1. The van der Waals surface area contributed by atoms with Crippen molar-refractivity contribution in [3.63, 3.8) is 0 Å². The van der Waals surface area contributed by atoms with Gasteiger partial charge >= 0.3 is 0 Å². The van der Waals surface area contributed by atoms with E-state index >= 15 is 0 Å². The van der Waals surface area contributed by atoms with E-state index in [0.29, 0.717) is 15.0 Å². The molecule has 0 aliphatic rings. The molecular weight excluding hydrogens is 382 g/mol. The van der Waals surface area contributed by atoms with E-state index in [2.05, 4.69) is 28.6 Å². The van der Waals surface area contributed by atoms with E-state index < -0.39 is 0 Å². The van der Waals surface area contributed by atoms with Crippen LogP contribution >= 0.6 is 22.7 Å². The first-order valence-electron chi connectivity index (χ1n) is 8.28. The molecule has 2 amide bonds. The minimum Gasteiger partial charge on any atom is -0.459 e. The largest absolute Gasteiger partial charge is 0.459 e. The van der Waals surface area contributed by atoms with Crippen molar-refractivity contribution in [1.29, 1.82) is 0 Å². The molecule has 6 nitrogen and oxygen atoms in total. The number of benzene rings is 1. The number of carbonyl (C=O) groups is 2. The SMILES string of the molecule is CCc1ccc2nc(NC(=O)c3ccc(NC(=O)c4ccco4)s3)sc2c1. The highest BCUT2D eigenvalue weighted by Gasteiger charge is 2.15. The molecule has 4 aromatic rings. The third-order valence-electron chi connectivity index (χ3n) is 3.89. The third kappa shape index (κ3) is 3.76. The molecule has 0 atom stereocenters. The van der Waals surface area contributed by atoms with Crippen LogP contribution in [0.25, 0.3) is 10.2 Å². The van der Waals surface area contributed by atoms with Gasteiger partial charge in [-0.1, -0.05) is 24.3 Å². The first-order valence-corrected chi connectivity index (χ1v) is 9.91. The normalized spacial score (nSPS) is 10.9. The minimum absolute atomic E-state index is 0.218. The summed E-state index contributed by atoms with van der Waals surface area (Å²) >= 11 is 2.63. The summed E-state index contributed by atoms with van der Waals surface area (Å²) in [4.78, 5) is 29.4. The maximum atomic E-state index is 12.5. The molecule has 3 heterocycles. The van der Waals surface area contributed by atoms with Crippen molar-refractivity contribution in [3.8, 4) is 0 Å². The molecule has 0 fully saturated rings. The van der Waals surface area contributed by atoms with E-state index in [0.717, 1.165) is 16.6 Å². The molecule has 3 aromatic heterocycles. The van der Waals surface area contributed by atoms with Gasteiger partial charge in [-0.25, -0.2) is 4.98 Å². The van der Waals surface area contributed by atoms with Gasteiger partial charge in [0.15, 0.2) is 10.9 Å². The molecule has 0 radical (unpaired) electrons. The number of hydrogen-bond donors (Lipinski definition) is 2. The Morgan fingerprint density at radius 1 is 1.07 bits per heavy atom. The summed E-state index contributed by atoms with van der Waals surface area (Å²) in [6.07, 6.45) is 2.39. The number of amides is 2. The maximum Gasteiger partial charge on any atom is 0.291 e. The molecule has 0 spiro atoms. The number of fused-ring (bicyclic) bond motifs is 1. The summed E-state index contributed by atoms with van der Waals surface area (Å²) in [5.41, 5.74) is 2.10. The highest BCUT2D eigenvalue weighted by atomic mass is 32.1. The van der Waals surface area contributed by atoms with Crippen LogP contribution in [-0.2, 0) is 6.42 Å². The maximum absolute atomic E-state index is 12.5. The molecule has 0 unspecified atom stereocenters. The molecule has 8 heteroatoms. The smallest absolute Gasteiger partial charge is 0.291 e. The standard InChI is InChI=1S/C19H15N3O3S2/c1-2-11-5-6-12-15(10-11)27-19(20-12)22-18(24)14-7-8-16(26-14)21-17(23)13-4-3-9-25-13/h3-10H,2H2,1H3,(H,21,23)(H,20,22,24). The summed E-state index contributed by atoms with van der Waals surface area (Å²) in [7, 11) is 0. The first kappa shape index (κ1) is 17.4. The molecule has 136 valence electrons. The lowest BCUT2D eigenvalue weighted by molar-refractivity contribution is 0.0995. The van der Waals surface area contributed by atoms with E-state index in [4.69, 9.17) is 4.42 Å². The van der Waals surface area contributed by atoms with Gasteiger partial charge in [-0.3, -0.25) is 14.9 Å². The minimum atomic E-state index is -0.355. The van der Waals surface area contributed by atoms with Crippen LogP contribution in [0.2, 0.25) is 0 Å². The van der Waals surface area contributed by atoms with Gasteiger partial charge in [-0.05, 0) is 48.4 Å². The third-order valence-corrected chi connectivity index (χ3v) is 5.83. The first-order chi connectivity index (χ1) is 13.1. The Labute approximate surface area is 162 Å². The van der Waals surface area contributed by atoms with Crippen LogP contribution in [0.15, 0.2) is 53.1 Å². The zero-order valence-electron chi connectivity index (χ0n) is 14.3. The molecule has 0 aliphatic carbocycles. The van der Waals surface area contributed by atoms with Gasteiger partial charge in [0, 0.05) is 0 Å². The second-order valence-corrected chi connectivity index (χ2v) is 7.84. The Morgan fingerprint density at radius 2 is 1.96 bits per heavy atom. The van der Waals surface area contributed by atoms with Crippen molar-refractivity contribution in [2.24, 2.45) is 0 Å². The van der Waals surface area contributed by atoms with E-state index in [9.17, 15) is 9.59 Å². The van der Waals surface area contributed by atoms with Crippen LogP contribution in [0.1, 0.15) is 32.7 Å². The van der Waals surface area contributed by atoms with E-state index in [-0.39, 0.29) is 17.6 Å². The quantitative estimate of drug-likeness (QED) is 0.495. The van der Waals surface area contributed by atoms with Crippen molar-refractivity contribution in [2.75, 3.05) is 10.6 Å². The molecule has 0 saturated carbocycles. The highest BCUT2D eigenvalue weighted by molar-refractivity contribution is 7.22. The lowest BCUT2D eigenvalue weighted by atomic mass is 10.2. The lowest BCUT2D eigenvalue weighted by Gasteiger charge is -1.99. The Balaban J connectivity index is 1.45. The average molecular weight is 397 g/mol. The van der Waals surface area contributed by atoms with E-state index in [1.54, 1.807) is 24.3 Å². The van der Waals surface area contributed by atoms with Gasteiger partial charge in [-0.15, -0.1) is 11.3 Å². The second kappa shape index (κ2) is 7.34. The molecule has 27 heavy (non-hydrogen) atoms. The fraction of sp³-hybridized carbons (Fsp3) is 0.105. The number of anilines is 2. The highest BCUT2D eigenvalue weighted by Crippen LogP contribution is 2.29. The van der Waals surface area contributed by atoms with Crippen LogP contribution in [-0.4, -0.2) is 16.8 Å². The molecule has 4 rings (SSSR count). The molecule has 0 aliphatic heterocycles. The van der Waals surface area contributed by atoms with Crippen LogP contribution in [0.5, 0.6) is 0 Å². The van der Waals surface area contributed by atoms with Crippen molar-refractivity contribution in [1.82, 2.24) is 4.98 Å². The van der Waals surface area contributed by atoms with Crippen molar-refractivity contribution in [3.05, 3.63) is 64.9 Å². The molecular formula is C19H15N3O3S2. The number of nitrogens with zero attached hydrogens (tertiary/aromatic N) is 1. The van der Waals surface area contributed by atoms with Crippen molar-refractivity contribution < 1.29 is 14.0 Å². The summed E-state index contributed by atoms with van der Waals surface area (Å²) in [6, 6.07) is 12.7. The summed E-state index contributed by atoms with van der Waals surface area (Å²) in [5, 5.41) is 6.66. The number of thiophene rings is 1. The number of aromatic nitrogens is 1. The van der Waals surface area contributed by atoms with Crippen LogP contribution in [0.4, 0.5) is 10.1 Å². The zero-order chi connectivity index (χ0) is 18.8. The van der Waals surface area contributed by atoms with Crippen LogP contribution in [0, 0.1) is 0 Å². The fourth-order valence-corrected chi connectivity index (χ4v) is 4.23. The summed E-state index contributed by atoms with van der Waals surface area (Å²) < 4.78 is 6.10. The number of rotatable bonds is 5. The van der Waals surface area contributed by atoms with Crippen LogP contribution in [0.3, 0.4) is 0 Å². The zero-order valence-corrected chi connectivity index (χ0v) is 15.9. The van der Waals surface area contributed by atoms with Gasteiger partial charge in [0.2, 0.25) is 0 Å². The Morgan fingerprint density at radius 3 is 2.74 bits per heavy atom. The van der Waals surface area contributed by atoms with Gasteiger partial charge in [0.25, 0.3) is 11.8 Å². The van der Waals surface area contributed by atoms with Crippen molar-refractivity contribution in [2.45, 2.75) is 13.3 Å². The van der Waals surface area contributed by atoms with E-state index in [1.165, 1.54) is 34.5 Å². The van der Waals surface area contributed by atoms with Crippen molar-refractivity contribution >= 4 is 54.8 Å². The molecule has 2 N–H and O–H groups in total. The molecule has 0 saturated heterocycles. The second-order valence-electron chi connectivity index (χ2n) is 5.72. The fourth-order valence-electron chi connectivity index (χ4n) is 2.51. The average Bonchev–Trinajstić information content (AvgIpc) is 3.41. The lowest BCUT2D eigenvalue weighted by Crippen LogP contribution is -2.10. The number of furan rings is 1. The van der Waals surface area contributed by atoms with Gasteiger partial charge in [0.1, 0.15) is 0 Å². The predicted molar refractivity (Wildman–Crippen MR) is 108 cm³/mol. The Bertz CT molecular complexity index is 1110. The van der Waals surface area contributed by atoms with Gasteiger partial charge < -0.3 is 9.73 Å². The predicted octanol–water partition coefficient (Wildman–Crippen LogP) is 5.02. The van der Waals surface area contributed by atoms with Gasteiger partial charge in [-0.2, -0.15) is 0 Å². The summed E-state index contributed by atoms with van der Waals surface area (Å²) in [5.74, 6) is -0.393. The monoisotopic (exact) mass is 397 g/mol. The Kier molecular flexibility index (Phi) is 4.74.